The van der Waals surface area contributed by atoms with Crippen molar-refractivity contribution >= 4 is 52.3 Å². The Morgan fingerprint density at radius 3 is 2.31 bits per heavy atom. The SMILES string of the molecule is Cc1ccc(C(=O)NCC(=O)Nc2ccccc2OCC(=O)NC(C)(C)C(C)(C)c2nnc3c(Cl)c(C(C)(C)C)[nH]n23)c(Cl)c1. The van der Waals surface area contributed by atoms with Gasteiger partial charge in [-0.05, 0) is 50.6 Å². The smallest absolute Gasteiger partial charge is 0.258 e. The maximum absolute atomic E-state index is 13.1. The highest BCUT2D eigenvalue weighted by atomic mass is 35.5. The van der Waals surface area contributed by atoms with E-state index in [2.05, 4.69) is 52.0 Å². The largest absolute Gasteiger partial charge is 0.482 e. The first-order chi connectivity index (χ1) is 20.9. The fourth-order valence-electron chi connectivity index (χ4n) is 4.62. The molecule has 13 heteroatoms. The molecule has 0 fully saturated rings. The molecule has 0 saturated carbocycles. The number of aryl methyl sites for hydroxylation is 1. The number of halogens is 2. The van der Waals surface area contributed by atoms with E-state index in [1.54, 1.807) is 47.0 Å². The number of amides is 3. The Morgan fingerprint density at radius 2 is 1.64 bits per heavy atom. The number of aromatic nitrogens is 4. The molecule has 2 heterocycles. The topological polar surface area (TPSA) is 143 Å². The molecule has 0 atom stereocenters. The number of para-hydroxylation sites is 2. The Labute approximate surface area is 272 Å². The van der Waals surface area contributed by atoms with Crippen LogP contribution >= 0.6 is 23.2 Å². The van der Waals surface area contributed by atoms with Gasteiger partial charge in [0.1, 0.15) is 10.8 Å². The quantitative estimate of drug-likeness (QED) is 0.175. The third kappa shape index (κ3) is 7.26. The van der Waals surface area contributed by atoms with Crippen LogP contribution in [0.15, 0.2) is 42.5 Å². The van der Waals surface area contributed by atoms with Crippen LogP contribution in [0, 0.1) is 6.92 Å². The number of aromatic amines is 1. The number of benzene rings is 2. The minimum atomic E-state index is -0.803. The summed E-state index contributed by atoms with van der Waals surface area (Å²) in [5, 5.41) is 21.2. The normalized spacial score (nSPS) is 12.2. The maximum atomic E-state index is 13.1. The van der Waals surface area contributed by atoms with Crippen LogP contribution in [0.5, 0.6) is 5.75 Å². The van der Waals surface area contributed by atoms with Gasteiger partial charge in [0, 0.05) is 16.4 Å². The van der Waals surface area contributed by atoms with E-state index in [4.69, 9.17) is 27.9 Å². The van der Waals surface area contributed by atoms with Crippen molar-refractivity contribution in [2.45, 2.75) is 71.8 Å². The maximum Gasteiger partial charge on any atom is 0.258 e. The zero-order chi connectivity index (χ0) is 33.3. The Hall–Kier alpha value is -4.09. The summed E-state index contributed by atoms with van der Waals surface area (Å²) in [6, 6.07) is 11.8. The molecular formula is C32H39Cl2N7O4. The Morgan fingerprint density at radius 1 is 0.956 bits per heavy atom. The number of carbonyl (C=O) groups excluding carboxylic acids is 3. The second-order valence-electron chi connectivity index (χ2n) is 13.0. The van der Waals surface area contributed by atoms with Crippen molar-refractivity contribution in [2.75, 3.05) is 18.5 Å². The van der Waals surface area contributed by atoms with Gasteiger partial charge in [0.25, 0.3) is 11.8 Å². The molecule has 4 rings (SSSR count). The summed E-state index contributed by atoms with van der Waals surface area (Å²) in [4.78, 5) is 38.3. The van der Waals surface area contributed by atoms with Gasteiger partial charge in [-0.2, -0.15) is 0 Å². The summed E-state index contributed by atoms with van der Waals surface area (Å²) in [5.74, 6) is -0.430. The second kappa shape index (κ2) is 12.7. The van der Waals surface area contributed by atoms with Crippen LogP contribution in [-0.2, 0) is 20.4 Å². The molecule has 3 amide bonds. The number of nitrogens with one attached hydrogen (secondary N) is 4. The molecule has 0 spiro atoms. The van der Waals surface area contributed by atoms with Gasteiger partial charge in [0.2, 0.25) is 5.91 Å². The standard InChI is InChI=1S/C32H39Cl2N7O4/c1-18-13-14-19(20(33)15-18)28(44)35-16-23(42)36-21-11-9-10-12-22(21)45-17-24(43)37-32(7,8)31(5,6)29-39-38-27-25(34)26(30(2,3)4)40-41(27)29/h9-15,40H,16-17H2,1-8H3,(H,35,44)(H,36,42)(H,37,43). The van der Waals surface area contributed by atoms with E-state index in [1.807, 2.05) is 34.6 Å². The molecule has 4 aromatic rings. The Bertz CT molecular complexity index is 1750. The minimum absolute atomic E-state index is 0.236. The first-order valence-corrected chi connectivity index (χ1v) is 15.2. The summed E-state index contributed by atoms with van der Waals surface area (Å²) < 4.78 is 7.58. The van der Waals surface area contributed by atoms with Crippen molar-refractivity contribution in [3.8, 4) is 5.75 Å². The van der Waals surface area contributed by atoms with Crippen molar-refractivity contribution in [3.05, 3.63) is 75.2 Å². The lowest BCUT2D eigenvalue weighted by Crippen LogP contribution is -2.57. The first-order valence-electron chi connectivity index (χ1n) is 14.4. The number of hydrogen-bond donors (Lipinski definition) is 4. The molecule has 45 heavy (non-hydrogen) atoms. The fraction of sp³-hybridized carbons (Fsp3) is 0.406. The van der Waals surface area contributed by atoms with Crippen LogP contribution in [0.3, 0.4) is 0 Å². The molecule has 0 aliphatic carbocycles. The summed E-state index contributed by atoms with van der Waals surface area (Å²) >= 11 is 12.8. The highest BCUT2D eigenvalue weighted by Crippen LogP contribution is 2.37. The lowest BCUT2D eigenvalue weighted by atomic mass is 9.73. The van der Waals surface area contributed by atoms with Crippen molar-refractivity contribution in [2.24, 2.45) is 0 Å². The zero-order valence-corrected chi connectivity index (χ0v) is 28.2. The van der Waals surface area contributed by atoms with E-state index < -0.39 is 22.8 Å². The van der Waals surface area contributed by atoms with Crippen LogP contribution in [0.25, 0.3) is 5.65 Å². The predicted octanol–water partition coefficient (Wildman–Crippen LogP) is 5.59. The molecule has 0 saturated heterocycles. The molecule has 0 bridgehead atoms. The van der Waals surface area contributed by atoms with Crippen molar-refractivity contribution in [1.29, 1.82) is 0 Å². The van der Waals surface area contributed by atoms with Gasteiger partial charge in [-0.15, -0.1) is 10.2 Å². The predicted molar refractivity (Wildman–Crippen MR) is 175 cm³/mol. The number of carbonyl (C=O) groups is 3. The van der Waals surface area contributed by atoms with E-state index in [0.29, 0.717) is 33.0 Å². The van der Waals surface area contributed by atoms with Crippen LogP contribution in [0.2, 0.25) is 10.0 Å². The number of fused-ring (bicyclic) bond motifs is 1. The molecule has 0 aliphatic heterocycles. The number of hydrogen-bond acceptors (Lipinski definition) is 6. The molecule has 11 nitrogen and oxygen atoms in total. The first kappa shape index (κ1) is 33.8. The van der Waals surface area contributed by atoms with Crippen molar-refractivity contribution in [3.63, 3.8) is 0 Å². The molecule has 240 valence electrons. The van der Waals surface area contributed by atoms with E-state index in [1.165, 1.54) is 0 Å². The second-order valence-corrected chi connectivity index (χ2v) is 13.8. The lowest BCUT2D eigenvalue weighted by Gasteiger charge is -2.40. The van der Waals surface area contributed by atoms with Gasteiger partial charge >= 0.3 is 0 Å². The zero-order valence-electron chi connectivity index (χ0n) is 26.7. The highest BCUT2D eigenvalue weighted by molar-refractivity contribution is 6.34. The summed E-state index contributed by atoms with van der Waals surface area (Å²) in [6.45, 7) is 15.1. The highest BCUT2D eigenvalue weighted by Gasteiger charge is 2.44. The van der Waals surface area contributed by atoms with Gasteiger partial charge in [-0.25, -0.2) is 4.52 Å². The Balaban J connectivity index is 1.38. The van der Waals surface area contributed by atoms with Gasteiger partial charge in [0.05, 0.1) is 28.5 Å². The number of anilines is 1. The Kier molecular flexibility index (Phi) is 9.56. The lowest BCUT2D eigenvalue weighted by molar-refractivity contribution is -0.125. The van der Waals surface area contributed by atoms with Crippen LogP contribution in [0.4, 0.5) is 5.69 Å². The molecule has 0 aliphatic rings. The summed E-state index contributed by atoms with van der Waals surface area (Å²) in [6.07, 6.45) is 0. The van der Waals surface area contributed by atoms with Gasteiger partial charge in [-0.3, -0.25) is 19.5 Å². The molecule has 2 aromatic carbocycles. The summed E-state index contributed by atoms with van der Waals surface area (Å²) in [7, 11) is 0. The molecule has 2 aromatic heterocycles. The average molecular weight is 657 g/mol. The van der Waals surface area contributed by atoms with E-state index >= 15 is 0 Å². The van der Waals surface area contributed by atoms with Crippen molar-refractivity contribution < 1.29 is 19.1 Å². The molecular weight excluding hydrogens is 617 g/mol. The molecule has 4 N–H and O–H groups in total. The third-order valence-corrected chi connectivity index (χ3v) is 8.60. The van der Waals surface area contributed by atoms with Crippen molar-refractivity contribution in [1.82, 2.24) is 30.4 Å². The number of nitrogens with zero attached hydrogens (tertiary/aromatic N) is 3. The molecule has 0 radical (unpaired) electrons. The van der Waals surface area contributed by atoms with Gasteiger partial charge < -0.3 is 20.7 Å². The van der Waals surface area contributed by atoms with Crippen LogP contribution in [-0.4, -0.2) is 56.2 Å². The van der Waals surface area contributed by atoms with Gasteiger partial charge in [-0.1, -0.05) is 76.0 Å². The summed E-state index contributed by atoms with van der Waals surface area (Å²) in [5.41, 5.74) is 1.15. The third-order valence-electron chi connectivity index (χ3n) is 7.92. The average Bonchev–Trinajstić information content (AvgIpc) is 3.51. The minimum Gasteiger partial charge on any atom is -0.482 e. The van der Waals surface area contributed by atoms with E-state index in [-0.39, 0.29) is 30.0 Å². The van der Waals surface area contributed by atoms with Gasteiger partial charge in [0.15, 0.2) is 18.1 Å². The van der Waals surface area contributed by atoms with E-state index in [9.17, 15) is 14.4 Å². The number of H-pyrrole nitrogens is 1. The monoisotopic (exact) mass is 655 g/mol. The molecule has 0 unspecified atom stereocenters. The van der Waals surface area contributed by atoms with E-state index in [0.717, 1.165) is 11.3 Å². The number of ether oxygens (including phenoxy) is 1. The number of rotatable bonds is 10. The van der Waals surface area contributed by atoms with Crippen LogP contribution < -0.4 is 20.7 Å². The fourth-order valence-corrected chi connectivity index (χ4v) is 5.39. The van der Waals surface area contributed by atoms with Crippen LogP contribution in [0.1, 0.15) is 75.9 Å².